The van der Waals surface area contributed by atoms with Crippen molar-refractivity contribution in [3.05, 3.63) is 89.7 Å². The van der Waals surface area contributed by atoms with Crippen LogP contribution < -0.4 is 4.90 Å². The molecular formula is C24H22FNO4S. The second-order valence-electron chi connectivity index (χ2n) is 7.46. The molecule has 1 heterocycles. The van der Waals surface area contributed by atoms with Gasteiger partial charge in [0.15, 0.2) is 0 Å². The van der Waals surface area contributed by atoms with Gasteiger partial charge in [-0.05, 0) is 54.8 Å². The van der Waals surface area contributed by atoms with Crippen LogP contribution in [0.5, 0.6) is 11.5 Å². The van der Waals surface area contributed by atoms with Gasteiger partial charge in [0, 0.05) is 22.6 Å². The fourth-order valence-corrected chi connectivity index (χ4v) is 5.14. The summed E-state index contributed by atoms with van der Waals surface area (Å²) in [5.41, 5.74) is 1.85. The number of benzene rings is 3. The zero-order valence-corrected chi connectivity index (χ0v) is 17.4. The first-order chi connectivity index (χ1) is 14.9. The lowest BCUT2D eigenvalue weighted by Crippen LogP contribution is -2.29. The van der Waals surface area contributed by atoms with E-state index < -0.39 is 12.1 Å². The second kappa shape index (κ2) is 8.99. The van der Waals surface area contributed by atoms with Gasteiger partial charge in [0.2, 0.25) is 0 Å². The van der Waals surface area contributed by atoms with E-state index in [1.807, 2.05) is 30.3 Å². The first-order valence-corrected chi connectivity index (χ1v) is 10.8. The van der Waals surface area contributed by atoms with Gasteiger partial charge in [-0.2, -0.15) is 0 Å². The van der Waals surface area contributed by atoms with Crippen LogP contribution in [-0.2, 0) is 0 Å². The summed E-state index contributed by atoms with van der Waals surface area (Å²) in [5.74, 6) is -0.521. The number of carbonyl (C=O) groups excluding carboxylic acids is 1. The fourth-order valence-electron chi connectivity index (χ4n) is 3.90. The van der Waals surface area contributed by atoms with Crippen molar-refractivity contribution in [2.45, 2.75) is 30.2 Å². The van der Waals surface area contributed by atoms with Gasteiger partial charge in [-0.25, -0.2) is 4.39 Å². The van der Waals surface area contributed by atoms with Crippen LogP contribution in [0.4, 0.5) is 14.9 Å². The van der Waals surface area contributed by atoms with E-state index in [9.17, 15) is 24.5 Å². The van der Waals surface area contributed by atoms with Crippen molar-refractivity contribution in [2.24, 2.45) is 0 Å². The Hall–Kier alpha value is -3.03. The van der Waals surface area contributed by atoms with Gasteiger partial charge in [-0.1, -0.05) is 42.1 Å². The molecule has 0 spiro atoms. The van der Waals surface area contributed by atoms with Crippen molar-refractivity contribution >= 4 is 22.7 Å². The smallest absolute Gasteiger partial charge is 0.287 e. The number of aliphatic hydroxyl groups is 1. The number of aromatic hydroxyl groups is 2. The molecular weight excluding hydrogens is 417 g/mol. The first-order valence-electron chi connectivity index (χ1n) is 9.94. The van der Waals surface area contributed by atoms with E-state index in [1.54, 1.807) is 23.1 Å². The van der Waals surface area contributed by atoms with E-state index in [0.717, 1.165) is 0 Å². The number of rotatable bonds is 6. The summed E-state index contributed by atoms with van der Waals surface area (Å²) in [6.07, 6.45) is 0.0637. The van der Waals surface area contributed by atoms with E-state index in [-0.39, 0.29) is 27.8 Å². The van der Waals surface area contributed by atoms with Crippen molar-refractivity contribution in [3.63, 3.8) is 0 Å². The van der Waals surface area contributed by atoms with E-state index in [4.69, 9.17) is 0 Å². The maximum Gasteiger partial charge on any atom is 0.287 e. The summed E-state index contributed by atoms with van der Waals surface area (Å²) >= 11 is 1.17. The third-order valence-corrected chi connectivity index (χ3v) is 6.62. The molecule has 4 rings (SSSR count). The molecule has 1 saturated heterocycles. The molecule has 1 fully saturated rings. The largest absolute Gasteiger partial charge is 0.508 e. The highest BCUT2D eigenvalue weighted by Crippen LogP contribution is 2.49. The van der Waals surface area contributed by atoms with Crippen molar-refractivity contribution in [2.75, 3.05) is 4.90 Å². The monoisotopic (exact) mass is 439 g/mol. The van der Waals surface area contributed by atoms with Crippen LogP contribution in [0.1, 0.15) is 36.1 Å². The highest BCUT2D eigenvalue weighted by Gasteiger charge is 2.43. The van der Waals surface area contributed by atoms with Gasteiger partial charge >= 0.3 is 0 Å². The number of para-hydroxylation sites is 1. The Bertz CT molecular complexity index is 1060. The van der Waals surface area contributed by atoms with Gasteiger partial charge in [-0.3, -0.25) is 9.69 Å². The van der Waals surface area contributed by atoms with Crippen molar-refractivity contribution in [1.82, 2.24) is 0 Å². The van der Waals surface area contributed by atoms with Crippen LogP contribution in [0.25, 0.3) is 0 Å². The zero-order valence-electron chi connectivity index (χ0n) is 16.6. The number of phenolic OH excluding ortho intramolecular Hbond substituents is 2. The molecule has 0 unspecified atom stereocenters. The summed E-state index contributed by atoms with van der Waals surface area (Å²) in [6, 6.07) is 18.8. The lowest BCUT2D eigenvalue weighted by Gasteiger charge is -2.28. The molecule has 3 atom stereocenters. The lowest BCUT2D eigenvalue weighted by atomic mass is 9.95. The van der Waals surface area contributed by atoms with E-state index >= 15 is 0 Å². The van der Waals surface area contributed by atoms with E-state index in [2.05, 4.69) is 0 Å². The minimum atomic E-state index is -0.795. The number of hydrogen-bond acceptors (Lipinski definition) is 5. The maximum absolute atomic E-state index is 13.2. The minimum Gasteiger partial charge on any atom is -0.508 e. The Morgan fingerprint density at radius 1 is 1.00 bits per heavy atom. The number of anilines is 1. The Morgan fingerprint density at radius 3 is 2.39 bits per heavy atom. The zero-order chi connectivity index (χ0) is 22.0. The molecule has 1 amide bonds. The standard InChI is InChI=1S/C24H22FNO4S/c25-16-8-6-15(7-9-16)20(28)12-13-22-23(19-11-10-18(27)14-21(19)29)26(24(30)31-22)17-4-2-1-3-5-17/h1-11,14,20,22-23,27-29H,12-13H2/t20-,22+,23+/m0/s1. The molecule has 0 saturated carbocycles. The van der Waals surface area contributed by atoms with Gasteiger partial charge in [0.05, 0.1) is 12.1 Å². The molecule has 0 bridgehead atoms. The van der Waals surface area contributed by atoms with Gasteiger partial charge in [0.1, 0.15) is 17.3 Å². The van der Waals surface area contributed by atoms with Crippen LogP contribution in [0.3, 0.4) is 0 Å². The van der Waals surface area contributed by atoms with Gasteiger partial charge < -0.3 is 15.3 Å². The Labute approximate surface area is 183 Å². The fraction of sp³-hybridized carbons (Fsp3) is 0.208. The molecule has 3 aromatic rings. The number of aliphatic hydroxyl groups excluding tert-OH is 1. The minimum absolute atomic E-state index is 0.0623. The Balaban J connectivity index is 1.62. The third kappa shape index (κ3) is 4.52. The van der Waals surface area contributed by atoms with E-state index in [1.165, 1.54) is 36.0 Å². The van der Waals surface area contributed by atoms with Crippen molar-refractivity contribution < 1.29 is 24.5 Å². The van der Waals surface area contributed by atoms with Crippen LogP contribution >= 0.6 is 11.8 Å². The Morgan fingerprint density at radius 2 is 1.71 bits per heavy atom. The highest BCUT2D eigenvalue weighted by molar-refractivity contribution is 8.14. The lowest BCUT2D eigenvalue weighted by molar-refractivity contribution is 0.163. The molecule has 160 valence electrons. The topological polar surface area (TPSA) is 81.0 Å². The first kappa shape index (κ1) is 21.2. The van der Waals surface area contributed by atoms with Crippen LogP contribution in [0.2, 0.25) is 0 Å². The number of hydrogen-bond donors (Lipinski definition) is 3. The Kier molecular flexibility index (Phi) is 6.15. The number of amides is 1. The predicted molar refractivity (Wildman–Crippen MR) is 119 cm³/mol. The number of halogens is 1. The predicted octanol–water partition coefficient (Wildman–Crippen LogP) is 5.53. The summed E-state index contributed by atoms with van der Waals surface area (Å²) in [5, 5.41) is 30.4. The van der Waals surface area contributed by atoms with Crippen LogP contribution in [0, 0.1) is 5.82 Å². The maximum atomic E-state index is 13.2. The summed E-state index contributed by atoms with van der Waals surface area (Å²) in [4.78, 5) is 14.6. The van der Waals surface area contributed by atoms with Gasteiger partial charge in [-0.15, -0.1) is 0 Å². The molecule has 3 N–H and O–H groups in total. The van der Waals surface area contributed by atoms with E-state index in [0.29, 0.717) is 29.7 Å². The molecule has 3 aromatic carbocycles. The molecule has 31 heavy (non-hydrogen) atoms. The molecule has 0 aromatic heterocycles. The third-order valence-electron chi connectivity index (χ3n) is 5.43. The summed E-state index contributed by atoms with van der Waals surface area (Å²) < 4.78 is 13.2. The molecule has 1 aliphatic rings. The molecule has 7 heteroatoms. The molecule has 0 radical (unpaired) electrons. The quantitative estimate of drug-likeness (QED) is 0.470. The second-order valence-corrected chi connectivity index (χ2v) is 8.65. The van der Waals surface area contributed by atoms with Crippen molar-refractivity contribution in [3.8, 4) is 11.5 Å². The summed E-state index contributed by atoms with van der Waals surface area (Å²) in [6.45, 7) is 0. The molecule has 0 aliphatic carbocycles. The van der Waals surface area contributed by atoms with Crippen LogP contribution in [-0.4, -0.2) is 25.8 Å². The van der Waals surface area contributed by atoms with Crippen LogP contribution in [0.15, 0.2) is 72.8 Å². The SMILES string of the molecule is O=C1S[C@H](CC[C@H](O)c2ccc(F)cc2)[C@@H](c2ccc(O)cc2O)N1c1ccccc1. The van der Waals surface area contributed by atoms with Gasteiger partial charge in [0.25, 0.3) is 5.24 Å². The number of phenols is 2. The summed E-state index contributed by atoms with van der Waals surface area (Å²) in [7, 11) is 0. The highest BCUT2D eigenvalue weighted by atomic mass is 32.2. The molecule has 1 aliphatic heterocycles. The van der Waals surface area contributed by atoms with Crippen molar-refractivity contribution in [1.29, 1.82) is 0 Å². The number of thioether (sulfide) groups is 1. The average Bonchev–Trinajstić information content (AvgIpc) is 3.09. The number of nitrogens with zero attached hydrogens (tertiary/aromatic N) is 1. The number of carbonyl (C=O) groups is 1. The molecule has 5 nitrogen and oxygen atoms in total. The average molecular weight is 440 g/mol. The normalized spacial score (nSPS) is 19.5.